The van der Waals surface area contributed by atoms with Crippen LogP contribution in [0.25, 0.3) is 0 Å². The summed E-state index contributed by atoms with van der Waals surface area (Å²) in [4.78, 5) is 0. The molecular weight excluding hydrogens is 196 g/mol. The van der Waals surface area contributed by atoms with Gasteiger partial charge in [0.05, 0.1) is 6.61 Å². The predicted octanol–water partition coefficient (Wildman–Crippen LogP) is 4.72. The molecule has 1 nitrogen and oxygen atoms in total. The standard InChI is InChI=1S/C15H24O/c1-6-9-16-15-10-13(11(2)3)7-8-14(15)12(4)5/h7-8,10-12H,6,9H2,1-5H3. The Morgan fingerprint density at radius 3 is 2.25 bits per heavy atom. The largest absolute Gasteiger partial charge is 0.493 e. The maximum absolute atomic E-state index is 5.84. The van der Waals surface area contributed by atoms with Crippen molar-refractivity contribution in [2.24, 2.45) is 0 Å². The summed E-state index contributed by atoms with van der Waals surface area (Å²) in [6.45, 7) is 11.8. The molecule has 0 radical (unpaired) electrons. The van der Waals surface area contributed by atoms with E-state index in [1.165, 1.54) is 11.1 Å². The molecule has 0 atom stereocenters. The first-order valence-corrected chi connectivity index (χ1v) is 6.32. The molecule has 90 valence electrons. The first-order valence-electron chi connectivity index (χ1n) is 6.32. The van der Waals surface area contributed by atoms with E-state index in [1.807, 2.05) is 0 Å². The summed E-state index contributed by atoms with van der Waals surface area (Å²) in [5.41, 5.74) is 2.67. The topological polar surface area (TPSA) is 9.23 Å². The van der Waals surface area contributed by atoms with Crippen molar-refractivity contribution in [2.45, 2.75) is 52.9 Å². The minimum Gasteiger partial charge on any atom is -0.493 e. The van der Waals surface area contributed by atoms with Gasteiger partial charge < -0.3 is 4.74 Å². The average Bonchev–Trinajstić information content (AvgIpc) is 2.25. The quantitative estimate of drug-likeness (QED) is 0.697. The van der Waals surface area contributed by atoms with Crippen molar-refractivity contribution in [3.05, 3.63) is 29.3 Å². The summed E-state index contributed by atoms with van der Waals surface area (Å²) < 4.78 is 5.84. The minimum atomic E-state index is 0.521. The highest BCUT2D eigenvalue weighted by Crippen LogP contribution is 2.30. The summed E-state index contributed by atoms with van der Waals surface area (Å²) in [6, 6.07) is 6.64. The minimum absolute atomic E-state index is 0.521. The Labute approximate surface area is 99.8 Å². The van der Waals surface area contributed by atoms with Crippen molar-refractivity contribution < 1.29 is 4.74 Å². The van der Waals surface area contributed by atoms with Gasteiger partial charge in [0.25, 0.3) is 0 Å². The van der Waals surface area contributed by atoms with Crippen LogP contribution in [-0.4, -0.2) is 6.61 Å². The fourth-order valence-corrected chi connectivity index (χ4v) is 1.72. The van der Waals surface area contributed by atoms with Crippen LogP contribution in [0.5, 0.6) is 5.75 Å². The summed E-state index contributed by atoms with van der Waals surface area (Å²) in [6.07, 6.45) is 1.06. The molecule has 0 aromatic heterocycles. The lowest BCUT2D eigenvalue weighted by Crippen LogP contribution is -2.01. The van der Waals surface area contributed by atoms with E-state index in [2.05, 4.69) is 52.8 Å². The Morgan fingerprint density at radius 1 is 1.06 bits per heavy atom. The predicted molar refractivity (Wildman–Crippen MR) is 70.4 cm³/mol. The smallest absolute Gasteiger partial charge is 0.123 e. The molecule has 0 aliphatic carbocycles. The third-order valence-electron chi connectivity index (χ3n) is 2.79. The molecule has 0 saturated carbocycles. The zero-order chi connectivity index (χ0) is 12.1. The first kappa shape index (κ1) is 13.1. The van der Waals surface area contributed by atoms with Crippen LogP contribution in [0.15, 0.2) is 18.2 Å². The van der Waals surface area contributed by atoms with E-state index in [1.54, 1.807) is 0 Å². The van der Waals surface area contributed by atoms with Gasteiger partial charge in [-0.25, -0.2) is 0 Å². The van der Waals surface area contributed by atoms with Crippen molar-refractivity contribution in [3.8, 4) is 5.75 Å². The van der Waals surface area contributed by atoms with E-state index in [0.717, 1.165) is 18.8 Å². The van der Waals surface area contributed by atoms with E-state index in [4.69, 9.17) is 4.74 Å². The monoisotopic (exact) mass is 220 g/mol. The molecule has 0 aliphatic heterocycles. The van der Waals surface area contributed by atoms with Crippen molar-refractivity contribution in [1.82, 2.24) is 0 Å². The summed E-state index contributed by atoms with van der Waals surface area (Å²) >= 11 is 0. The lowest BCUT2D eigenvalue weighted by Gasteiger charge is -2.16. The molecule has 0 bridgehead atoms. The van der Waals surface area contributed by atoms with Gasteiger partial charge in [-0.2, -0.15) is 0 Å². The Bertz CT molecular complexity index is 326. The number of benzene rings is 1. The second kappa shape index (κ2) is 5.93. The zero-order valence-electron chi connectivity index (χ0n) is 11.2. The highest BCUT2D eigenvalue weighted by Gasteiger charge is 2.10. The highest BCUT2D eigenvalue weighted by molar-refractivity contribution is 5.40. The molecule has 1 heteroatoms. The fourth-order valence-electron chi connectivity index (χ4n) is 1.72. The van der Waals surface area contributed by atoms with Crippen LogP contribution in [0.1, 0.15) is 64.0 Å². The van der Waals surface area contributed by atoms with Crippen LogP contribution in [0.3, 0.4) is 0 Å². The molecule has 0 unspecified atom stereocenters. The van der Waals surface area contributed by atoms with Crippen LogP contribution in [0.2, 0.25) is 0 Å². The third kappa shape index (κ3) is 3.26. The van der Waals surface area contributed by atoms with Crippen LogP contribution in [0, 0.1) is 0 Å². The molecule has 16 heavy (non-hydrogen) atoms. The summed E-state index contributed by atoms with van der Waals surface area (Å²) in [7, 11) is 0. The van der Waals surface area contributed by atoms with Gasteiger partial charge in [-0.05, 0) is 35.4 Å². The molecule has 1 aromatic carbocycles. The van der Waals surface area contributed by atoms with E-state index in [9.17, 15) is 0 Å². The number of hydrogen-bond donors (Lipinski definition) is 0. The Balaban J connectivity index is 3.01. The summed E-state index contributed by atoms with van der Waals surface area (Å²) in [5.74, 6) is 2.15. The Kier molecular flexibility index (Phi) is 4.85. The second-order valence-corrected chi connectivity index (χ2v) is 4.96. The van der Waals surface area contributed by atoms with Crippen molar-refractivity contribution in [3.63, 3.8) is 0 Å². The van der Waals surface area contributed by atoms with E-state index < -0.39 is 0 Å². The zero-order valence-corrected chi connectivity index (χ0v) is 11.2. The van der Waals surface area contributed by atoms with Crippen molar-refractivity contribution in [2.75, 3.05) is 6.61 Å². The lowest BCUT2D eigenvalue weighted by molar-refractivity contribution is 0.312. The lowest BCUT2D eigenvalue weighted by atomic mass is 9.96. The fraction of sp³-hybridized carbons (Fsp3) is 0.600. The molecule has 0 N–H and O–H groups in total. The normalized spacial score (nSPS) is 11.2. The average molecular weight is 220 g/mol. The Morgan fingerprint density at radius 2 is 1.75 bits per heavy atom. The van der Waals surface area contributed by atoms with Gasteiger partial charge in [0.1, 0.15) is 5.75 Å². The van der Waals surface area contributed by atoms with Crippen molar-refractivity contribution >= 4 is 0 Å². The van der Waals surface area contributed by atoms with Gasteiger partial charge >= 0.3 is 0 Å². The molecular formula is C15H24O. The van der Waals surface area contributed by atoms with Crippen LogP contribution < -0.4 is 4.74 Å². The van der Waals surface area contributed by atoms with E-state index in [-0.39, 0.29) is 0 Å². The summed E-state index contributed by atoms with van der Waals surface area (Å²) in [5, 5.41) is 0. The van der Waals surface area contributed by atoms with Gasteiger partial charge in [-0.15, -0.1) is 0 Å². The van der Waals surface area contributed by atoms with Gasteiger partial charge in [-0.1, -0.05) is 46.8 Å². The molecule has 0 spiro atoms. The second-order valence-electron chi connectivity index (χ2n) is 4.96. The van der Waals surface area contributed by atoms with E-state index in [0.29, 0.717) is 11.8 Å². The molecule has 0 heterocycles. The maximum Gasteiger partial charge on any atom is 0.123 e. The van der Waals surface area contributed by atoms with Crippen LogP contribution in [0.4, 0.5) is 0 Å². The first-order chi connectivity index (χ1) is 7.56. The SMILES string of the molecule is CCCOc1cc(C(C)C)ccc1C(C)C. The number of ether oxygens (including phenoxy) is 1. The molecule has 1 rings (SSSR count). The third-order valence-corrected chi connectivity index (χ3v) is 2.79. The molecule has 0 saturated heterocycles. The van der Waals surface area contributed by atoms with Crippen LogP contribution in [-0.2, 0) is 0 Å². The number of hydrogen-bond acceptors (Lipinski definition) is 1. The Hall–Kier alpha value is -0.980. The van der Waals surface area contributed by atoms with Crippen molar-refractivity contribution in [1.29, 1.82) is 0 Å². The molecule has 0 amide bonds. The van der Waals surface area contributed by atoms with Crippen LogP contribution >= 0.6 is 0 Å². The van der Waals surface area contributed by atoms with Gasteiger partial charge in [0.2, 0.25) is 0 Å². The van der Waals surface area contributed by atoms with Gasteiger partial charge in [0.15, 0.2) is 0 Å². The van der Waals surface area contributed by atoms with Gasteiger partial charge in [-0.3, -0.25) is 0 Å². The maximum atomic E-state index is 5.84. The highest BCUT2D eigenvalue weighted by atomic mass is 16.5. The molecule has 0 aliphatic rings. The molecule has 1 aromatic rings. The number of rotatable bonds is 5. The molecule has 0 fully saturated rings. The van der Waals surface area contributed by atoms with E-state index >= 15 is 0 Å². The van der Waals surface area contributed by atoms with Gasteiger partial charge in [0, 0.05) is 0 Å².